The highest BCUT2D eigenvalue weighted by molar-refractivity contribution is 5.41. The molecule has 1 N–H and O–H groups in total. The van der Waals surface area contributed by atoms with E-state index in [4.69, 9.17) is 0 Å². The van der Waals surface area contributed by atoms with E-state index in [1.165, 1.54) is 12.1 Å². The molecule has 1 aliphatic rings. The van der Waals surface area contributed by atoms with E-state index in [1.807, 2.05) is 43.3 Å². The van der Waals surface area contributed by atoms with Crippen LogP contribution in [0.4, 0.5) is 4.39 Å². The van der Waals surface area contributed by atoms with Crippen molar-refractivity contribution in [1.29, 1.82) is 0 Å². The molecule has 1 fully saturated rings. The van der Waals surface area contributed by atoms with Crippen LogP contribution in [-0.4, -0.2) is 52.7 Å². The van der Waals surface area contributed by atoms with E-state index in [0.29, 0.717) is 23.4 Å². The maximum Gasteiger partial charge on any atom is 0.259 e. The molecule has 1 aromatic heterocycles. The van der Waals surface area contributed by atoms with Crippen LogP contribution < -0.4 is 5.56 Å². The minimum Gasteiger partial charge on any atom is -0.507 e. The summed E-state index contributed by atoms with van der Waals surface area (Å²) < 4.78 is 15.8. The molecule has 1 aliphatic heterocycles. The minimum atomic E-state index is -0.514. The monoisotopic (exact) mass is 421 g/mol. The van der Waals surface area contributed by atoms with E-state index >= 15 is 0 Å². The summed E-state index contributed by atoms with van der Waals surface area (Å²) in [6.45, 7) is 5.37. The van der Waals surface area contributed by atoms with Gasteiger partial charge in [-0.05, 0) is 43.3 Å². The second-order valence-corrected chi connectivity index (χ2v) is 8.26. The molecule has 1 atom stereocenters. The van der Waals surface area contributed by atoms with Crippen molar-refractivity contribution in [1.82, 2.24) is 14.4 Å². The van der Waals surface area contributed by atoms with E-state index in [-0.39, 0.29) is 17.1 Å². The second-order valence-electron chi connectivity index (χ2n) is 8.26. The second kappa shape index (κ2) is 9.04. The Balaban J connectivity index is 1.84. The number of aromatic hydroxyl groups is 1. The zero-order valence-electron chi connectivity index (χ0n) is 18.0. The van der Waals surface area contributed by atoms with Crippen LogP contribution in [0.2, 0.25) is 0 Å². The number of benzene rings is 2. The summed E-state index contributed by atoms with van der Waals surface area (Å²) in [5.41, 5.74) is 2.43. The van der Waals surface area contributed by atoms with Crippen molar-refractivity contribution in [3.8, 4) is 5.75 Å². The Morgan fingerprint density at radius 1 is 1.00 bits per heavy atom. The van der Waals surface area contributed by atoms with Gasteiger partial charge in [-0.25, -0.2) is 4.39 Å². The molecule has 0 spiro atoms. The molecule has 0 aliphatic carbocycles. The molecule has 31 heavy (non-hydrogen) atoms. The molecule has 5 nitrogen and oxygen atoms in total. The third-order valence-electron chi connectivity index (χ3n) is 6.05. The Labute approximate surface area is 182 Å². The SMILES string of the molecule is Cc1cc(O)c([C@H](c2cccc(F)c2)N2CCN(C)CC2)c(=O)n1Cc1ccccc1. The summed E-state index contributed by atoms with van der Waals surface area (Å²) >= 11 is 0. The number of hydrogen-bond donors (Lipinski definition) is 1. The molecule has 0 bridgehead atoms. The van der Waals surface area contributed by atoms with Crippen molar-refractivity contribution in [3.63, 3.8) is 0 Å². The molecule has 4 rings (SSSR count). The summed E-state index contributed by atoms with van der Waals surface area (Å²) in [6, 6.07) is 17.2. The van der Waals surface area contributed by atoms with Gasteiger partial charge in [0.2, 0.25) is 0 Å². The molecule has 0 amide bonds. The summed E-state index contributed by atoms with van der Waals surface area (Å²) in [6.07, 6.45) is 0. The smallest absolute Gasteiger partial charge is 0.259 e. The molecule has 2 heterocycles. The lowest BCUT2D eigenvalue weighted by atomic mass is 9.95. The Hall–Kier alpha value is -2.96. The molecule has 6 heteroatoms. The van der Waals surface area contributed by atoms with Gasteiger partial charge in [0.05, 0.1) is 18.2 Å². The number of hydrogen-bond acceptors (Lipinski definition) is 4. The van der Waals surface area contributed by atoms with Gasteiger partial charge in [0, 0.05) is 31.9 Å². The summed E-state index contributed by atoms with van der Waals surface area (Å²) in [7, 11) is 2.06. The van der Waals surface area contributed by atoms with Crippen LogP contribution in [0.3, 0.4) is 0 Å². The van der Waals surface area contributed by atoms with Gasteiger partial charge in [-0.2, -0.15) is 0 Å². The van der Waals surface area contributed by atoms with Crippen LogP contribution in [0.1, 0.15) is 28.4 Å². The fourth-order valence-electron chi connectivity index (χ4n) is 4.31. The van der Waals surface area contributed by atoms with Crippen LogP contribution >= 0.6 is 0 Å². The standard InChI is InChI=1S/C25H28FN3O2/c1-18-15-22(30)23(25(31)29(18)17-19-7-4-3-5-8-19)24(20-9-6-10-21(26)16-20)28-13-11-27(2)12-14-28/h3-10,15-16,24,30H,11-14,17H2,1-2H3/t24-/m0/s1. The topological polar surface area (TPSA) is 48.7 Å². The molecular weight excluding hydrogens is 393 g/mol. The van der Waals surface area contributed by atoms with Crippen molar-refractivity contribution in [2.24, 2.45) is 0 Å². The highest BCUT2D eigenvalue weighted by atomic mass is 19.1. The van der Waals surface area contributed by atoms with E-state index in [1.54, 1.807) is 16.7 Å². The number of aryl methyl sites for hydroxylation is 1. The Bertz CT molecular complexity index is 1110. The van der Waals surface area contributed by atoms with Crippen LogP contribution in [0.5, 0.6) is 5.75 Å². The fraction of sp³-hybridized carbons (Fsp3) is 0.320. The predicted molar refractivity (Wildman–Crippen MR) is 120 cm³/mol. The first-order valence-corrected chi connectivity index (χ1v) is 10.6. The van der Waals surface area contributed by atoms with Crippen LogP contribution in [0.25, 0.3) is 0 Å². The quantitative estimate of drug-likeness (QED) is 0.686. The Morgan fingerprint density at radius 3 is 2.39 bits per heavy atom. The van der Waals surface area contributed by atoms with Gasteiger partial charge in [-0.15, -0.1) is 0 Å². The molecule has 1 saturated heterocycles. The van der Waals surface area contributed by atoms with Crippen molar-refractivity contribution in [2.75, 3.05) is 33.2 Å². The van der Waals surface area contributed by atoms with E-state index < -0.39 is 6.04 Å². The van der Waals surface area contributed by atoms with Crippen LogP contribution in [-0.2, 0) is 6.54 Å². The molecule has 0 saturated carbocycles. The maximum absolute atomic E-state index is 14.1. The molecule has 0 radical (unpaired) electrons. The fourth-order valence-corrected chi connectivity index (χ4v) is 4.31. The van der Waals surface area contributed by atoms with Gasteiger partial charge in [0.1, 0.15) is 11.6 Å². The zero-order chi connectivity index (χ0) is 22.0. The normalized spacial score (nSPS) is 16.4. The first-order chi connectivity index (χ1) is 14.9. The first kappa shape index (κ1) is 21.3. The Kier molecular flexibility index (Phi) is 6.20. The number of rotatable bonds is 5. The van der Waals surface area contributed by atoms with Gasteiger partial charge in [0.15, 0.2) is 0 Å². The lowest BCUT2D eigenvalue weighted by Gasteiger charge is -2.38. The van der Waals surface area contributed by atoms with E-state index in [9.17, 15) is 14.3 Å². The highest BCUT2D eigenvalue weighted by Crippen LogP contribution is 2.33. The average molecular weight is 422 g/mol. The lowest BCUT2D eigenvalue weighted by molar-refractivity contribution is 0.125. The molecular formula is C25H28FN3O2. The van der Waals surface area contributed by atoms with Gasteiger partial charge in [-0.3, -0.25) is 9.69 Å². The highest BCUT2D eigenvalue weighted by Gasteiger charge is 2.31. The number of nitrogens with zero attached hydrogens (tertiary/aromatic N) is 3. The average Bonchev–Trinajstić information content (AvgIpc) is 2.76. The summed E-state index contributed by atoms with van der Waals surface area (Å²) in [4.78, 5) is 18.1. The van der Waals surface area contributed by atoms with Gasteiger partial charge in [-0.1, -0.05) is 42.5 Å². The van der Waals surface area contributed by atoms with Gasteiger partial charge < -0.3 is 14.6 Å². The zero-order valence-corrected chi connectivity index (χ0v) is 18.0. The van der Waals surface area contributed by atoms with Crippen LogP contribution in [0.15, 0.2) is 65.5 Å². The number of likely N-dealkylation sites (N-methyl/N-ethyl adjacent to an activating group) is 1. The first-order valence-electron chi connectivity index (χ1n) is 10.6. The molecule has 162 valence electrons. The van der Waals surface area contributed by atoms with Crippen molar-refractivity contribution < 1.29 is 9.50 Å². The molecule has 3 aromatic rings. The van der Waals surface area contributed by atoms with Crippen molar-refractivity contribution in [2.45, 2.75) is 19.5 Å². The summed E-state index contributed by atoms with van der Waals surface area (Å²) in [5.74, 6) is -0.396. The largest absolute Gasteiger partial charge is 0.507 e. The van der Waals surface area contributed by atoms with Crippen molar-refractivity contribution in [3.05, 3.63) is 99.2 Å². The number of aromatic nitrogens is 1. The van der Waals surface area contributed by atoms with Crippen molar-refractivity contribution >= 4 is 0 Å². The van der Waals surface area contributed by atoms with Crippen LogP contribution in [0, 0.1) is 12.7 Å². The van der Waals surface area contributed by atoms with Gasteiger partial charge in [0.25, 0.3) is 5.56 Å². The predicted octanol–water partition coefficient (Wildman–Crippen LogP) is 3.39. The van der Waals surface area contributed by atoms with Gasteiger partial charge >= 0.3 is 0 Å². The summed E-state index contributed by atoms with van der Waals surface area (Å²) in [5, 5.41) is 10.9. The third-order valence-corrected chi connectivity index (χ3v) is 6.05. The molecule has 2 aromatic carbocycles. The number of halogens is 1. The molecule has 0 unspecified atom stereocenters. The maximum atomic E-state index is 14.1. The minimum absolute atomic E-state index is 0.0417. The lowest BCUT2D eigenvalue weighted by Crippen LogP contribution is -2.47. The van der Waals surface area contributed by atoms with E-state index in [0.717, 1.165) is 31.7 Å². The Morgan fingerprint density at radius 2 is 1.71 bits per heavy atom. The number of pyridine rings is 1. The van der Waals surface area contributed by atoms with E-state index in [2.05, 4.69) is 16.8 Å². The number of piperazine rings is 1. The third kappa shape index (κ3) is 4.55.